The molecular weight excluding hydrogens is 205 g/mol. The van der Waals surface area contributed by atoms with Gasteiger partial charge in [0, 0.05) is 17.4 Å². The van der Waals surface area contributed by atoms with Crippen molar-refractivity contribution < 1.29 is 52.4 Å². The average Bonchev–Trinajstić information content (AvgIpc) is 1.00. The number of halogens is 2. The fraction of sp³-hybridized carbons (Fsp3) is 0. The Morgan fingerprint density at radius 2 is 1.00 bits per heavy atom. The molecular formula is AlCl2OZr. The Kier molecular flexibility index (Phi) is 241. The summed E-state index contributed by atoms with van der Waals surface area (Å²) in [6.45, 7) is 0. The maximum atomic E-state index is 8.34. The van der Waals surface area contributed by atoms with Crippen molar-refractivity contribution in [3.8, 4) is 0 Å². The second kappa shape index (κ2) is 41.3. The first kappa shape index (κ1) is 29.2. The molecule has 0 aliphatic heterocycles. The Morgan fingerprint density at radius 3 is 1.00 bits per heavy atom. The predicted octanol–water partition coefficient (Wildman–Crippen LogP) is -6.49. The minimum atomic E-state index is 0. The van der Waals surface area contributed by atoms with Crippen LogP contribution in [-0.2, 0) is 27.5 Å². The number of hydrogen-bond acceptors (Lipinski definition) is 1. The predicted molar refractivity (Wildman–Crippen MR) is 6.44 cm³/mol. The van der Waals surface area contributed by atoms with Crippen molar-refractivity contribution in [2.24, 2.45) is 0 Å². The van der Waals surface area contributed by atoms with Crippen LogP contribution in [0.2, 0.25) is 0 Å². The second-order valence-corrected chi connectivity index (χ2v) is 0. The summed E-state index contributed by atoms with van der Waals surface area (Å²) in [6.07, 6.45) is 0. The van der Waals surface area contributed by atoms with Gasteiger partial charge in [0.1, 0.15) is 0 Å². The Bertz CT molecular complexity index is 9.61. The Morgan fingerprint density at radius 1 is 1.00 bits per heavy atom. The first-order chi connectivity index (χ1) is 1.00. The molecule has 3 radical (unpaired) electrons. The summed E-state index contributed by atoms with van der Waals surface area (Å²) in [7, 11) is 0. The Balaban J connectivity index is -0.00000000167. The van der Waals surface area contributed by atoms with Gasteiger partial charge in [-0.05, 0) is 0 Å². The van der Waals surface area contributed by atoms with Gasteiger partial charge in [-0.3, -0.25) is 0 Å². The molecule has 0 fully saturated rings. The third kappa shape index (κ3) is 25.9. The molecule has 5 heteroatoms. The SMILES string of the molecule is [Al].[Cl-].[Cl-].[O]=[Zr+2]. The van der Waals surface area contributed by atoms with Gasteiger partial charge in [0.05, 0.1) is 0 Å². The van der Waals surface area contributed by atoms with Gasteiger partial charge < -0.3 is 24.8 Å². The first-order valence-corrected chi connectivity index (χ1v) is 1.21. The van der Waals surface area contributed by atoms with E-state index < -0.39 is 0 Å². The van der Waals surface area contributed by atoms with E-state index in [0.29, 0.717) is 24.7 Å². The molecule has 0 aromatic rings. The fourth-order valence-electron chi connectivity index (χ4n) is 0. The van der Waals surface area contributed by atoms with Gasteiger partial charge in [0.2, 0.25) is 0 Å². The van der Waals surface area contributed by atoms with Crippen LogP contribution >= 0.6 is 0 Å². The van der Waals surface area contributed by atoms with Crippen molar-refractivity contribution in [1.82, 2.24) is 0 Å². The Hall–Kier alpha value is 1.80. The van der Waals surface area contributed by atoms with Crippen LogP contribution in [0.15, 0.2) is 0 Å². The van der Waals surface area contributed by atoms with Gasteiger partial charge in [-0.25, -0.2) is 0 Å². The zero-order valence-corrected chi connectivity index (χ0v) is 7.37. The van der Waals surface area contributed by atoms with E-state index >= 15 is 0 Å². The quantitative estimate of drug-likeness (QED) is 0.359. The average molecular weight is 205 g/mol. The topological polar surface area (TPSA) is 17.1 Å². The van der Waals surface area contributed by atoms with Crippen LogP contribution in [0.25, 0.3) is 0 Å². The van der Waals surface area contributed by atoms with E-state index in [1.807, 2.05) is 0 Å². The van der Waals surface area contributed by atoms with Crippen LogP contribution in [0.3, 0.4) is 0 Å². The van der Waals surface area contributed by atoms with Crippen LogP contribution in [0.1, 0.15) is 0 Å². The van der Waals surface area contributed by atoms with Crippen LogP contribution in [-0.4, -0.2) is 17.4 Å². The zero-order chi connectivity index (χ0) is 2.00. The maximum absolute atomic E-state index is 8.34. The van der Waals surface area contributed by atoms with Crippen molar-refractivity contribution in [2.75, 3.05) is 0 Å². The monoisotopic (exact) mass is 203 g/mol. The molecule has 0 aromatic heterocycles. The van der Waals surface area contributed by atoms with Crippen molar-refractivity contribution >= 4 is 17.4 Å². The van der Waals surface area contributed by atoms with Gasteiger partial charge in [-0.2, -0.15) is 0 Å². The summed E-state index contributed by atoms with van der Waals surface area (Å²) in [4.78, 5) is 0. The summed E-state index contributed by atoms with van der Waals surface area (Å²) in [5, 5.41) is 0. The van der Waals surface area contributed by atoms with Gasteiger partial charge in [0.15, 0.2) is 0 Å². The van der Waals surface area contributed by atoms with Crippen molar-refractivity contribution in [2.45, 2.75) is 0 Å². The van der Waals surface area contributed by atoms with E-state index in [4.69, 9.17) is 2.81 Å². The van der Waals surface area contributed by atoms with Crippen molar-refractivity contribution in [3.63, 3.8) is 0 Å². The second-order valence-electron chi connectivity index (χ2n) is 0. The molecule has 0 aromatic carbocycles. The van der Waals surface area contributed by atoms with Crippen molar-refractivity contribution in [1.29, 1.82) is 0 Å². The standard InChI is InChI=1S/Al.2ClH.O.Zr/h;2*1H;;/q;;;;+2/p-2. The molecule has 5 heavy (non-hydrogen) atoms. The van der Waals surface area contributed by atoms with E-state index in [-0.39, 0.29) is 42.2 Å². The van der Waals surface area contributed by atoms with E-state index in [1.165, 1.54) is 0 Å². The molecule has 1 nitrogen and oxygen atoms in total. The van der Waals surface area contributed by atoms with E-state index in [1.54, 1.807) is 0 Å². The Labute approximate surface area is 69.1 Å². The molecule has 0 amide bonds. The van der Waals surface area contributed by atoms with Gasteiger partial charge >= 0.3 is 27.5 Å². The number of hydrogen-bond donors (Lipinski definition) is 0. The molecule has 0 saturated carbocycles. The van der Waals surface area contributed by atoms with Crippen LogP contribution in [0, 0.1) is 0 Å². The molecule has 0 unspecified atom stereocenters. The number of rotatable bonds is 0. The first-order valence-electron chi connectivity index (χ1n) is 0.204. The van der Waals surface area contributed by atoms with Gasteiger partial charge in [-0.1, -0.05) is 0 Å². The van der Waals surface area contributed by atoms with Crippen LogP contribution in [0.4, 0.5) is 0 Å². The minimum absolute atomic E-state index is 0. The molecule has 0 spiro atoms. The van der Waals surface area contributed by atoms with E-state index in [9.17, 15) is 0 Å². The summed E-state index contributed by atoms with van der Waals surface area (Å²) >= 11 is 0.300. The van der Waals surface area contributed by atoms with Crippen LogP contribution in [0.5, 0.6) is 0 Å². The fourth-order valence-corrected chi connectivity index (χ4v) is 0. The molecule has 0 heterocycles. The van der Waals surface area contributed by atoms with Crippen LogP contribution < -0.4 is 24.8 Å². The summed E-state index contributed by atoms with van der Waals surface area (Å²) in [5.74, 6) is 0. The third-order valence-electron chi connectivity index (χ3n) is 0. The van der Waals surface area contributed by atoms with Gasteiger partial charge in [-0.15, -0.1) is 0 Å². The summed E-state index contributed by atoms with van der Waals surface area (Å²) in [5.41, 5.74) is 0. The van der Waals surface area contributed by atoms with E-state index in [0.717, 1.165) is 0 Å². The third-order valence-corrected chi connectivity index (χ3v) is 0. The molecule has 0 saturated heterocycles. The molecule has 0 rings (SSSR count). The molecule has 0 N–H and O–H groups in total. The zero-order valence-electron chi connectivity index (χ0n) is 2.24. The molecule has 0 bridgehead atoms. The normalized spacial score (nSPS) is 1.20. The van der Waals surface area contributed by atoms with Crippen molar-refractivity contribution in [3.05, 3.63) is 0 Å². The molecule has 27 valence electrons. The van der Waals surface area contributed by atoms with Gasteiger partial charge in [0.25, 0.3) is 0 Å². The molecule has 0 aliphatic rings. The molecule has 0 aliphatic carbocycles. The molecule has 0 atom stereocenters. The summed E-state index contributed by atoms with van der Waals surface area (Å²) in [6, 6.07) is 0. The summed E-state index contributed by atoms with van der Waals surface area (Å²) < 4.78 is 8.34. The van der Waals surface area contributed by atoms with E-state index in [2.05, 4.69) is 0 Å².